The molecule has 0 nitrogen and oxygen atoms in total. The van der Waals surface area contributed by atoms with E-state index in [9.17, 15) is 0 Å². The lowest BCUT2D eigenvalue weighted by Crippen LogP contribution is -1.89. The average Bonchev–Trinajstić information content (AvgIpc) is 2.46. The summed E-state index contributed by atoms with van der Waals surface area (Å²) < 4.78 is 0. The maximum atomic E-state index is 3.64. The van der Waals surface area contributed by atoms with Crippen molar-refractivity contribution in [2.75, 3.05) is 0 Å². The van der Waals surface area contributed by atoms with E-state index in [2.05, 4.69) is 49.9 Å². The third-order valence-corrected chi connectivity index (χ3v) is 3.57. The Morgan fingerprint density at radius 2 is 1.65 bits per heavy atom. The summed E-state index contributed by atoms with van der Waals surface area (Å²) in [7, 11) is 0. The third kappa shape index (κ3) is 7.78. The van der Waals surface area contributed by atoms with Crippen LogP contribution in [0.3, 0.4) is 0 Å². The molecule has 0 N–H and O–H groups in total. The summed E-state index contributed by atoms with van der Waals surface area (Å²) in [6, 6.07) is 8.74. The van der Waals surface area contributed by atoms with Crippen LogP contribution in [0.1, 0.15) is 49.7 Å². The second-order valence-electron chi connectivity index (χ2n) is 5.28. The highest BCUT2D eigenvalue weighted by atomic mass is 14.0. The molecule has 1 aromatic rings. The normalized spacial score (nSPS) is 11.4. The van der Waals surface area contributed by atoms with Crippen LogP contribution in [0.2, 0.25) is 0 Å². The van der Waals surface area contributed by atoms with Crippen LogP contribution in [0.15, 0.2) is 61.2 Å². The van der Waals surface area contributed by atoms with Crippen molar-refractivity contribution in [1.29, 1.82) is 0 Å². The van der Waals surface area contributed by atoms with Gasteiger partial charge in [-0.15, -0.1) is 0 Å². The summed E-state index contributed by atoms with van der Waals surface area (Å²) in [4.78, 5) is 0. The van der Waals surface area contributed by atoms with E-state index >= 15 is 0 Å². The molecule has 0 spiro atoms. The van der Waals surface area contributed by atoms with Gasteiger partial charge < -0.3 is 0 Å². The summed E-state index contributed by atoms with van der Waals surface area (Å²) in [5, 5.41) is 0. The molecule has 0 aliphatic rings. The van der Waals surface area contributed by atoms with Gasteiger partial charge in [0, 0.05) is 0 Å². The minimum atomic E-state index is 1.19. The van der Waals surface area contributed by atoms with Gasteiger partial charge in [-0.3, -0.25) is 0 Å². The van der Waals surface area contributed by atoms with Crippen LogP contribution in [-0.4, -0.2) is 0 Å². The van der Waals surface area contributed by atoms with Gasteiger partial charge >= 0.3 is 0 Å². The molecule has 0 unspecified atom stereocenters. The van der Waals surface area contributed by atoms with E-state index in [-0.39, 0.29) is 0 Å². The molecule has 0 aliphatic carbocycles. The van der Waals surface area contributed by atoms with Gasteiger partial charge in [0.05, 0.1) is 0 Å². The number of benzene rings is 1. The molecule has 0 fully saturated rings. The minimum absolute atomic E-state index is 1.19. The lowest BCUT2D eigenvalue weighted by Gasteiger charge is -2.05. The van der Waals surface area contributed by atoms with Gasteiger partial charge in [-0.05, 0) is 43.7 Å². The first-order valence-electron chi connectivity index (χ1n) is 7.83. The molecule has 0 saturated heterocycles. The van der Waals surface area contributed by atoms with E-state index in [1.807, 2.05) is 12.2 Å². The van der Waals surface area contributed by atoms with E-state index in [1.54, 1.807) is 6.08 Å². The van der Waals surface area contributed by atoms with Crippen LogP contribution in [0.25, 0.3) is 0 Å². The molecule has 0 heterocycles. The van der Waals surface area contributed by atoms with Gasteiger partial charge in [-0.2, -0.15) is 0 Å². The van der Waals surface area contributed by atoms with Gasteiger partial charge in [0.1, 0.15) is 0 Å². The van der Waals surface area contributed by atoms with Crippen molar-refractivity contribution in [2.24, 2.45) is 0 Å². The van der Waals surface area contributed by atoms with E-state index in [4.69, 9.17) is 0 Å². The summed E-state index contributed by atoms with van der Waals surface area (Å²) >= 11 is 0. The number of unbranched alkanes of at least 4 members (excludes halogenated alkanes) is 5. The van der Waals surface area contributed by atoms with Crippen LogP contribution in [0.5, 0.6) is 0 Å². The molecule has 1 aromatic carbocycles. The standard InChI is InChI=1S/C20H28/c1-3-4-5-6-7-8-9-10-11-12-13-17-20-18-15-14-16-19(20)2/h3-7,14-16,18H,1,8-13,17H2,2H3. The van der Waals surface area contributed by atoms with Gasteiger partial charge in [-0.1, -0.05) is 80.5 Å². The molecule has 108 valence electrons. The number of hydrogen-bond acceptors (Lipinski definition) is 0. The number of rotatable bonds is 10. The zero-order valence-corrected chi connectivity index (χ0v) is 12.9. The fourth-order valence-corrected chi connectivity index (χ4v) is 2.32. The Bertz CT molecular complexity index is 423. The largest absolute Gasteiger partial charge is 0.0991 e. The first-order chi connectivity index (χ1) is 9.84. The van der Waals surface area contributed by atoms with E-state index in [1.165, 1.54) is 56.1 Å². The lowest BCUT2D eigenvalue weighted by molar-refractivity contribution is 0.617. The Kier molecular flexibility index (Phi) is 9.30. The Labute approximate surface area is 124 Å². The predicted octanol–water partition coefficient (Wildman–Crippen LogP) is 6.18. The Morgan fingerprint density at radius 1 is 0.900 bits per heavy atom. The molecule has 0 saturated carbocycles. The summed E-state index contributed by atoms with van der Waals surface area (Å²) in [6.45, 7) is 5.85. The molecular formula is C20H28. The van der Waals surface area contributed by atoms with E-state index in [0.717, 1.165) is 0 Å². The SMILES string of the molecule is C=CC=CC=CCCCCCCCc1ccccc1C. The Balaban J connectivity index is 1.98. The van der Waals surface area contributed by atoms with Crippen molar-refractivity contribution < 1.29 is 0 Å². The zero-order valence-electron chi connectivity index (χ0n) is 12.9. The van der Waals surface area contributed by atoms with E-state index in [0.29, 0.717) is 0 Å². The molecule has 0 aliphatic heterocycles. The predicted molar refractivity (Wildman–Crippen MR) is 91.1 cm³/mol. The van der Waals surface area contributed by atoms with Gasteiger partial charge in [0.25, 0.3) is 0 Å². The Morgan fingerprint density at radius 3 is 2.45 bits per heavy atom. The van der Waals surface area contributed by atoms with Crippen molar-refractivity contribution >= 4 is 0 Å². The zero-order chi connectivity index (χ0) is 14.5. The fraction of sp³-hybridized carbons (Fsp3) is 0.400. The topological polar surface area (TPSA) is 0 Å². The third-order valence-electron chi connectivity index (χ3n) is 3.57. The summed E-state index contributed by atoms with van der Waals surface area (Å²) in [5.74, 6) is 0. The van der Waals surface area contributed by atoms with Crippen molar-refractivity contribution in [2.45, 2.75) is 51.9 Å². The summed E-state index contributed by atoms with van der Waals surface area (Å²) in [6.07, 6.45) is 19.3. The number of aryl methyl sites for hydroxylation is 2. The highest BCUT2D eigenvalue weighted by molar-refractivity contribution is 5.25. The number of hydrogen-bond donors (Lipinski definition) is 0. The molecule has 0 aromatic heterocycles. The first kappa shape index (κ1) is 16.5. The van der Waals surface area contributed by atoms with Crippen LogP contribution in [-0.2, 0) is 6.42 Å². The first-order valence-corrected chi connectivity index (χ1v) is 7.83. The highest BCUT2D eigenvalue weighted by Gasteiger charge is 1.96. The molecule has 0 amide bonds. The average molecular weight is 268 g/mol. The van der Waals surface area contributed by atoms with Crippen LogP contribution >= 0.6 is 0 Å². The maximum absolute atomic E-state index is 3.64. The molecule has 1 rings (SSSR count). The van der Waals surface area contributed by atoms with Crippen molar-refractivity contribution in [3.05, 3.63) is 72.4 Å². The monoisotopic (exact) mass is 268 g/mol. The molecule has 0 heteroatoms. The quantitative estimate of drug-likeness (QED) is 0.351. The summed E-state index contributed by atoms with van der Waals surface area (Å²) in [5.41, 5.74) is 2.95. The van der Waals surface area contributed by atoms with Crippen LogP contribution in [0, 0.1) is 6.92 Å². The Hall–Kier alpha value is -1.56. The van der Waals surface area contributed by atoms with Gasteiger partial charge in [-0.25, -0.2) is 0 Å². The van der Waals surface area contributed by atoms with Crippen molar-refractivity contribution in [1.82, 2.24) is 0 Å². The number of allylic oxidation sites excluding steroid dienone is 5. The van der Waals surface area contributed by atoms with E-state index < -0.39 is 0 Å². The van der Waals surface area contributed by atoms with Crippen LogP contribution < -0.4 is 0 Å². The molecule has 0 bridgehead atoms. The smallest absolute Gasteiger partial charge is 0.0276 e. The molecule has 0 radical (unpaired) electrons. The van der Waals surface area contributed by atoms with Crippen molar-refractivity contribution in [3.63, 3.8) is 0 Å². The van der Waals surface area contributed by atoms with Crippen molar-refractivity contribution in [3.8, 4) is 0 Å². The maximum Gasteiger partial charge on any atom is -0.0276 e. The fourth-order valence-electron chi connectivity index (χ4n) is 2.32. The molecule has 0 atom stereocenters. The van der Waals surface area contributed by atoms with Crippen LogP contribution in [0.4, 0.5) is 0 Å². The lowest BCUT2D eigenvalue weighted by atomic mass is 10.0. The van der Waals surface area contributed by atoms with Gasteiger partial charge in [0.15, 0.2) is 0 Å². The highest BCUT2D eigenvalue weighted by Crippen LogP contribution is 2.13. The second kappa shape index (κ2) is 11.3. The molecule has 20 heavy (non-hydrogen) atoms. The van der Waals surface area contributed by atoms with Gasteiger partial charge in [0.2, 0.25) is 0 Å². The second-order valence-corrected chi connectivity index (χ2v) is 5.28. The molecular weight excluding hydrogens is 240 g/mol. The minimum Gasteiger partial charge on any atom is -0.0991 e.